The van der Waals surface area contributed by atoms with Crippen molar-refractivity contribution in [3.63, 3.8) is 0 Å². The van der Waals surface area contributed by atoms with E-state index in [2.05, 4.69) is 5.32 Å². The third kappa shape index (κ3) is 2.88. The first-order chi connectivity index (χ1) is 9.80. The van der Waals surface area contributed by atoms with Gasteiger partial charge in [0.2, 0.25) is 11.8 Å². The van der Waals surface area contributed by atoms with Gasteiger partial charge < -0.3 is 15.3 Å². The van der Waals surface area contributed by atoms with Crippen molar-refractivity contribution in [3.8, 4) is 0 Å². The Labute approximate surface area is 128 Å². The van der Waals surface area contributed by atoms with Crippen LogP contribution in [0.4, 0.5) is 0 Å². The van der Waals surface area contributed by atoms with Crippen molar-refractivity contribution in [1.82, 2.24) is 10.2 Å². The molecule has 2 saturated heterocycles. The van der Waals surface area contributed by atoms with Gasteiger partial charge in [-0.05, 0) is 19.3 Å². The zero-order chi connectivity index (χ0) is 15.8. The summed E-state index contributed by atoms with van der Waals surface area (Å²) in [6.07, 6.45) is 1.87. The molecule has 21 heavy (non-hydrogen) atoms. The second-order valence-corrected chi connectivity index (χ2v) is 7.48. The SMILES string of the molecule is CCC(C)C(NC(=O)C1CSC2(C)CCC(=O)N12)C(=O)O. The molecule has 2 N–H and O–H groups in total. The maximum atomic E-state index is 12.4. The van der Waals surface area contributed by atoms with Crippen molar-refractivity contribution in [2.45, 2.75) is 57.0 Å². The molecule has 2 aliphatic heterocycles. The number of carboxylic acid groups (broad SMARTS) is 1. The van der Waals surface area contributed by atoms with Crippen molar-refractivity contribution in [2.24, 2.45) is 5.92 Å². The summed E-state index contributed by atoms with van der Waals surface area (Å²) >= 11 is 1.60. The maximum absolute atomic E-state index is 12.4. The highest BCUT2D eigenvalue weighted by Crippen LogP contribution is 2.47. The summed E-state index contributed by atoms with van der Waals surface area (Å²) < 4.78 is 0. The molecule has 2 fully saturated rings. The van der Waals surface area contributed by atoms with E-state index in [0.29, 0.717) is 18.6 Å². The largest absolute Gasteiger partial charge is 0.480 e. The Hall–Kier alpha value is -1.24. The van der Waals surface area contributed by atoms with E-state index in [1.54, 1.807) is 23.6 Å². The highest BCUT2D eigenvalue weighted by Gasteiger charge is 2.53. The minimum atomic E-state index is -1.03. The molecule has 0 saturated carbocycles. The molecule has 2 rings (SSSR count). The van der Waals surface area contributed by atoms with E-state index in [0.717, 1.165) is 6.42 Å². The molecule has 2 amide bonds. The van der Waals surface area contributed by atoms with Crippen molar-refractivity contribution in [2.75, 3.05) is 5.75 Å². The monoisotopic (exact) mass is 314 g/mol. The van der Waals surface area contributed by atoms with Gasteiger partial charge in [0.25, 0.3) is 0 Å². The lowest BCUT2D eigenvalue weighted by molar-refractivity contribution is -0.145. The number of fused-ring (bicyclic) bond motifs is 1. The normalized spacial score (nSPS) is 30.9. The van der Waals surface area contributed by atoms with Crippen LogP contribution in [0.15, 0.2) is 0 Å². The summed E-state index contributed by atoms with van der Waals surface area (Å²) in [7, 11) is 0. The average Bonchev–Trinajstić information content (AvgIpc) is 2.92. The predicted molar refractivity (Wildman–Crippen MR) is 79.8 cm³/mol. The molecular weight excluding hydrogens is 292 g/mol. The van der Waals surface area contributed by atoms with Gasteiger partial charge in [0.15, 0.2) is 0 Å². The Morgan fingerprint density at radius 2 is 2.24 bits per heavy atom. The second-order valence-electron chi connectivity index (χ2n) is 5.98. The molecular formula is C14H22N2O4S. The molecule has 4 unspecified atom stereocenters. The third-order valence-corrected chi connectivity index (χ3v) is 6.03. The van der Waals surface area contributed by atoms with Crippen LogP contribution < -0.4 is 5.32 Å². The van der Waals surface area contributed by atoms with Gasteiger partial charge >= 0.3 is 5.97 Å². The number of nitrogens with zero attached hydrogens (tertiary/aromatic N) is 1. The Balaban J connectivity index is 2.10. The fourth-order valence-corrected chi connectivity index (χ4v) is 4.38. The third-order valence-electron chi connectivity index (χ3n) is 4.52. The van der Waals surface area contributed by atoms with Crippen molar-refractivity contribution < 1.29 is 19.5 Å². The van der Waals surface area contributed by atoms with Crippen LogP contribution in [0.2, 0.25) is 0 Å². The highest BCUT2D eigenvalue weighted by molar-refractivity contribution is 8.01. The molecule has 0 aromatic rings. The summed E-state index contributed by atoms with van der Waals surface area (Å²) in [5.41, 5.74) is 0. The predicted octanol–water partition coefficient (Wildman–Crippen LogP) is 1.06. The number of rotatable bonds is 5. The van der Waals surface area contributed by atoms with Gasteiger partial charge in [0, 0.05) is 12.2 Å². The number of nitrogens with one attached hydrogen (secondary N) is 1. The second kappa shape index (κ2) is 5.87. The Morgan fingerprint density at radius 3 is 2.81 bits per heavy atom. The summed E-state index contributed by atoms with van der Waals surface area (Å²) in [6, 6.07) is -1.46. The van der Waals surface area contributed by atoms with E-state index >= 15 is 0 Å². The number of carboxylic acids is 1. The van der Waals surface area contributed by atoms with E-state index in [-0.39, 0.29) is 22.6 Å². The lowest BCUT2D eigenvalue weighted by Crippen LogP contribution is -2.54. The fourth-order valence-electron chi connectivity index (χ4n) is 2.95. The molecule has 2 aliphatic rings. The standard InChI is InChI=1S/C14H22N2O4S/c1-4-8(2)11(13(19)20)15-12(18)9-7-21-14(3)6-5-10(17)16(9)14/h8-9,11H,4-7H2,1-3H3,(H,15,18)(H,19,20). The molecule has 0 radical (unpaired) electrons. The number of thioether (sulfide) groups is 1. The van der Waals surface area contributed by atoms with Gasteiger partial charge in [0.1, 0.15) is 12.1 Å². The number of amides is 2. The Bertz CT molecular complexity index is 470. The topological polar surface area (TPSA) is 86.7 Å². The summed E-state index contributed by atoms with van der Waals surface area (Å²) in [5.74, 6) is -1.02. The number of aliphatic carboxylic acids is 1. The molecule has 0 aromatic carbocycles. The van der Waals surface area contributed by atoms with Gasteiger partial charge in [-0.1, -0.05) is 20.3 Å². The van der Waals surface area contributed by atoms with Gasteiger partial charge in [0.05, 0.1) is 4.87 Å². The van der Waals surface area contributed by atoms with Crippen LogP contribution in [-0.2, 0) is 14.4 Å². The van der Waals surface area contributed by atoms with E-state index < -0.39 is 18.1 Å². The first kappa shape index (κ1) is 16.1. The highest BCUT2D eigenvalue weighted by atomic mass is 32.2. The fraction of sp³-hybridized carbons (Fsp3) is 0.786. The summed E-state index contributed by atoms with van der Waals surface area (Å²) in [4.78, 5) is 37.1. The number of carbonyl (C=O) groups excluding carboxylic acids is 2. The van der Waals surface area contributed by atoms with Gasteiger partial charge in [-0.3, -0.25) is 9.59 Å². The molecule has 0 bridgehead atoms. The molecule has 118 valence electrons. The molecule has 0 aliphatic carbocycles. The van der Waals surface area contributed by atoms with Crippen LogP contribution in [0.1, 0.15) is 40.0 Å². The van der Waals surface area contributed by atoms with Crippen molar-refractivity contribution >= 4 is 29.5 Å². The quantitative estimate of drug-likeness (QED) is 0.792. The van der Waals surface area contributed by atoms with Crippen LogP contribution in [0, 0.1) is 5.92 Å². The zero-order valence-corrected chi connectivity index (χ0v) is 13.4. The van der Waals surface area contributed by atoms with E-state index in [1.165, 1.54) is 0 Å². The van der Waals surface area contributed by atoms with Gasteiger partial charge in [-0.2, -0.15) is 0 Å². The average molecular weight is 314 g/mol. The number of carbonyl (C=O) groups is 3. The summed E-state index contributed by atoms with van der Waals surface area (Å²) in [6.45, 7) is 5.66. The van der Waals surface area contributed by atoms with Crippen LogP contribution in [0.3, 0.4) is 0 Å². The maximum Gasteiger partial charge on any atom is 0.326 e. The van der Waals surface area contributed by atoms with Crippen LogP contribution in [0.5, 0.6) is 0 Å². The van der Waals surface area contributed by atoms with E-state index in [4.69, 9.17) is 0 Å². The minimum Gasteiger partial charge on any atom is -0.480 e. The lowest BCUT2D eigenvalue weighted by Gasteiger charge is -2.31. The number of hydrogen-bond donors (Lipinski definition) is 2. The van der Waals surface area contributed by atoms with Crippen LogP contribution >= 0.6 is 11.8 Å². The number of hydrogen-bond acceptors (Lipinski definition) is 4. The molecule has 0 aromatic heterocycles. The van der Waals surface area contributed by atoms with Crippen LogP contribution in [-0.4, -0.2) is 50.5 Å². The molecule has 7 heteroatoms. The van der Waals surface area contributed by atoms with E-state index in [9.17, 15) is 19.5 Å². The molecule has 6 nitrogen and oxygen atoms in total. The Morgan fingerprint density at radius 1 is 1.57 bits per heavy atom. The molecule has 2 heterocycles. The molecule has 0 spiro atoms. The van der Waals surface area contributed by atoms with Gasteiger partial charge in [-0.25, -0.2) is 4.79 Å². The molecule has 4 atom stereocenters. The Kier molecular flexibility index (Phi) is 4.51. The first-order valence-corrected chi connectivity index (χ1v) is 8.28. The van der Waals surface area contributed by atoms with Crippen molar-refractivity contribution in [1.29, 1.82) is 0 Å². The smallest absolute Gasteiger partial charge is 0.326 e. The summed E-state index contributed by atoms with van der Waals surface area (Å²) in [5, 5.41) is 11.9. The van der Waals surface area contributed by atoms with Crippen molar-refractivity contribution in [3.05, 3.63) is 0 Å². The van der Waals surface area contributed by atoms with Crippen LogP contribution in [0.25, 0.3) is 0 Å². The first-order valence-electron chi connectivity index (χ1n) is 7.29. The van der Waals surface area contributed by atoms with E-state index in [1.807, 2.05) is 13.8 Å². The van der Waals surface area contributed by atoms with Gasteiger partial charge in [-0.15, -0.1) is 11.8 Å². The lowest BCUT2D eigenvalue weighted by atomic mass is 9.99. The zero-order valence-electron chi connectivity index (χ0n) is 12.6. The minimum absolute atomic E-state index is 0.0157.